The first kappa shape index (κ1) is 9.97. The average molecular weight is 205 g/mol. The fourth-order valence-electron chi connectivity index (χ4n) is 1.04. The lowest BCUT2D eigenvalue weighted by Gasteiger charge is -2.09. The summed E-state index contributed by atoms with van der Waals surface area (Å²) < 4.78 is 22.3. The fraction of sp³-hybridized carbons (Fsp3) is 0.667. The molecule has 1 aliphatic rings. The molecule has 0 unspecified atom stereocenters. The van der Waals surface area contributed by atoms with Crippen LogP contribution >= 0.6 is 0 Å². The van der Waals surface area contributed by atoms with Gasteiger partial charge in [0.1, 0.15) is 6.04 Å². The van der Waals surface area contributed by atoms with Crippen molar-refractivity contribution in [3.8, 4) is 0 Å². The first-order valence-corrected chi connectivity index (χ1v) is 5.48. The van der Waals surface area contributed by atoms with Gasteiger partial charge in [-0.05, 0) is 0 Å². The van der Waals surface area contributed by atoms with Crippen molar-refractivity contribution in [2.45, 2.75) is 6.04 Å². The van der Waals surface area contributed by atoms with Gasteiger partial charge in [-0.2, -0.15) is 0 Å². The minimum Gasteiger partial charge on any atom is -0.353 e. The first-order chi connectivity index (χ1) is 6.05. The third kappa shape index (κ3) is 2.69. The normalized spacial score (nSPS) is 27.1. The van der Waals surface area contributed by atoms with Gasteiger partial charge < -0.3 is 10.6 Å². The lowest BCUT2D eigenvalue weighted by atomic mass is 10.3. The molecule has 0 aromatic carbocycles. The van der Waals surface area contributed by atoms with E-state index in [1.165, 1.54) is 6.41 Å². The van der Waals surface area contributed by atoms with Crippen LogP contribution in [0.15, 0.2) is 0 Å². The molecule has 7 heteroatoms. The minimum atomic E-state index is -3.25. The van der Waals surface area contributed by atoms with Gasteiger partial charge in [-0.1, -0.05) is 0 Å². The largest absolute Gasteiger partial charge is 0.353 e. The molecule has 2 amide bonds. The topological polar surface area (TPSA) is 92.3 Å². The molecule has 13 heavy (non-hydrogen) atoms. The Balaban J connectivity index is 2.79. The number of nitrogens with one attached hydrogen (secondary N) is 2. The number of amides is 2. The molecule has 6 nitrogen and oxygen atoms in total. The molecular weight excluding hydrogens is 196 g/mol. The van der Waals surface area contributed by atoms with E-state index in [2.05, 4.69) is 5.32 Å². The van der Waals surface area contributed by atoms with E-state index in [0.29, 0.717) is 0 Å². The highest BCUT2D eigenvalue weighted by Gasteiger charge is 2.28. The first-order valence-electron chi connectivity index (χ1n) is 3.66. The Kier molecular flexibility index (Phi) is 2.86. The molecule has 0 bridgehead atoms. The van der Waals surface area contributed by atoms with E-state index < -0.39 is 21.8 Å². The van der Waals surface area contributed by atoms with E-state index in [1.54, 1.807) is 0 Å². The van der Waals surface area contributed by atoms with E-state index in [-0.39, 0.29) is 18.1 Å². The van der Waals surface area contributed by atoms with E-state index in [4.69, 9.17) is 0 Å². The van der Waals surface area contributed by atoms with Gasteiger partial charge in [0.15, 0.2) is 9.84 Å². The van der Waals surface area contributed by atoms with Crippen molar-refractivity contribution in [1.29, 1.82) is 0 Å². The fourth-order valence-corrected chi connectivity index (χ4v) is 2.37. The second kappa shape index (κ2) is 3.73. The number of rotatable bonds is 2. The van der Waals surface area contributed by atoms with Crippen LogP contribution in [0, 0.1) is 0 Å². The maximum atomic E-state index is 11.1. The van der Waals surface area contributed by atoms with Gasteiger partial charge in [0.25, 0.3) is 0 Å². The number of sulfone groups is 1. The molecule has 0 aromatic rings. The monoisotopic (exact) mass is 205 g/mol. The van der Waals surface area contributed by atoms with Gasteiger partial charge in [-0.25, -0.2) is 8.42 Å². The molecule has 1 heterocycles. The van der Waals surface area contributed by atoms with Crippen LogP contribution < -0.4 is 10.6 Å². The smallest absolute Gasteiger partial charge is 0.310 e. The summed E-state index contributed by atoms with van der Waals surface area (Å²) in [6.07, 6.45) is 1.31. The van der Waals surface area contributed by atoms with Crippen molar-refractivity contribution in [3.63, 3.8) is 0 Å². The summed E-state index contributed by atoms with van der Waals surface area (Å²) >= 11 is 0. The van der Waals surface area contributed by atoms with E-state index in [9.17, 15) is 18.0 Å². The maximum Gasteiger partial charge on any atom is 0.310 e. The van der Waals surface area contributed by atoms with Gasteiger partial charge in [-0.3, -0.25) is 9.59 Å². The summed E-state index contributed by atoms with van der Waals surface area (Å²) in [4.78, 5) is 21.0. The SMILES string of the molecule is O=[C]N[C@H]1CS(=O)(=O)CCNC1=O. The predicted molar refractivity (Wildman–Crippen MR) is 44.3 cm³/mol. The van der Waals surface area contributed by atoms with Crippen molar-refractivity contribution in [2.24, 2.45) is 0 Å². The molecule has 1 aliphatic heterocycles. The quantitative estimate of drug-likeness (QED) is 0.490. The van der Waals surface area contributed by atoms with Crippen LogP contribution in [-0.4, -0.2) is 44.8 Å². The zero-order chi connectivity index (χ0) is 9.90. The van der Waals surface area contributed by atoms with Crippen LogP contribution in [0.25, 0.3) is 0 Å². The average Bonchev–Trinajstić information content (AvgIpc) is 2.12. The zero-order valence-electron chi connectivity index (χ0n) is 6.74. The zero-order valence-corrected chi connectivity index (χ0v) is 7.56. The van der Waals surface area contributed by atoms with Crippen LogP contribution in [0.4, 0.5) is 0 Å². The Hall–Kier alpha value is -1.11. The second-order valence-electron chi connectivity index (χ2n) is 2.70. The molecule has 0 aliphatic carbocycles. The standard InChI is InChI=1S/C6H9N2O4S/c9-4-8-5-3-13(11,12)2-1-7-6(5)10/h5H,1-3H2,(H,7,10)(H,8,9)/t5-/m0/s1. The molecule has 1 radical (unpaired) electrons. The number of carbonyl (C=O) groups excluding carboxylic acids is 2. The number of hydrogen-bond donors (Lipinski definition) is 2. The minimum absolute atomic E-state index is 0.0875. The molecule has 2 N–H and O–H groups in total. The Morgan fingerprint density at radius 3 is 2.85 bits per heavy atom. The summed E-state index contributed by atoms with van der Waals surface area (Å²) in [5.74, 6) is -0.923. The summed E-state index contributed by atoms with van der Waals surface area (Å²) in [6.45, 7) is 0.0954. The highest BCUT2D eigenvalue weighted by molar-refractivity contribution is 7.91. The van der Waals surface area contributed by atoms with Crippen LogP contribution in [0.5, 0.6) is 0 Å². The molecule has 1 fully saturated rings. The van der Waals surface area contributed by atoms with E-state index in [0.717, 1.165) is 0 Å². The molecule has 1 rings (SSSR count). The Bertz CT molecular complexity index is 311. The van der Waals surface area contributed by atoms with Crippen molar-refractivity contribution >= 4 is 22.2 Å². The maximum absolute atomic E-state index is 11.1. The van der Waals surface area contributed by atoms with Gasteiger partial charge in [0, 0.05) is 6.54 Å². The Morgan fingerprint density at radius 1 is 1.54 bits per heavy atom. The van der Waals surface area contributed by atoms with Crippen LogP contribution in [0.2, 0.25) is 0 Å². The van der Waals surface area contributed by atoms with E-state index in [1.807, 2.05) is 5.32 Å². The molecule has 0 spiro atoms. The molecule has 73 valence electrons. The lowest BCUT2D eigenvalue weighted by Crippen LogP contribution is -2.45. The second-order valence-corrected chi connectivity index (χ2v) is 4.93. The molecule has 1 saturated heterocycles. The number of hydrogen-bond acceptors (Lipinski definition) is 4. The summed E-state index contributed by atoms with van der Waals surface area (Å²) in [6, 6.07) is -1.01. The number of carbonyl (C=O) groups is 1. The molecule has 1 atom stereocenters. The van der Waals surface area contributed by atoms with Gasteiger partial charge >= 0.3 is 6.41 Å². The van der Waals surface area contributed by atoms with E-state index >= 15 is 0 Å². The summed E-state index contributed by atoms with van der Waals surface area (Å²) in [7, 11) is -3.25. The summed E-state index contributed by atoms with van der Waals surface area (Å²) in [5.41, 5.74) is 0. The van der Waals surface area contributed by atoms with Crippen molar-refractivity contribution < 1.29 is 18.0 Å². The van der Waals surface area contributed by atoms with Gasteiger partial charge in [0.05, 0.1) is 11.5 Å². The Labute approximate surface area is 75.6 Å². The van der Waals surface area contributed by atoms with Crippen LogP contribution in [-0.2, 0) is 19.4 Å². The molecule has 0 saturated carbocycles. The summed E-state index contributed by atoms with van der Waals surface area (Å²) in [5, 5.41) is 4.41. The van der Waals surface area contributed by atoms with Crippen molar-refractivity contribution in [3.05, 3.63) is 0 Å². The van der Waals surface area contributed by atoms with Crippen LogP contribution in [0.1, 0.15) is 0 Å². The molecule has 0 aromatic heterocycles. The van der Waals surface area contributed by atoms with Gasteiger partial charge in [0.2, 0.25) is 5.91 Å². The molecular formula is C6H9N2O4S. The highest BCUT2D eigenvalue weighted by atomic mass is 32.2. The third-order valence-electron chi connectivity index (χ3n) is 1.68. The third-order valence-corrected chi connectivity index (χ3v) is 3.35. The Morgan fingerprint density at radius 2 is 2.23 bits per heavy atom. The highest BCUT2D eigenvalue weighted by Crippen LogP contribution is 1.99. The van der Waals surface area contributed by atoms with Crippen molar-refractivity contribution in [2.75, 3.05) is 18.1 Å². The predicted octanol–water partition coefficient (Wildman–Crippen LogP) is -2.44. The van der Waals surface area contributed by atoms with Crippen molar-refractivity contribution in [1.82, 2.24) is 10.6 Å². The van der Waals surface area contributed by atoms with Gasteiger partial charge in [-0.15, -0.1) is 0 Å². The van der Waals surface area contributed by atoms with Crippen LogP contribution in [0.3, 0.4) is 0 Å². The lowest BCUT2D eigenvalue weighted by molar-refractivity contribution is -0.122.